The lowest BCUT2D eigenvalue weighted by molar-refractivity contribution is -0.189. The van der Waals surface area contributed by atoms with Crippen LogP contribution in [-0.4, -0.2) is 60.5 Å². The molecule has 2 aliphatic heterocycles. The number of rotatable bonds is 3. The highest BCUT2D eigenvalue weighted by Gasteiger charge is 2.47. The highest BCUT2D eigenvalue weighted by molar-refractivity contribution is 5.91. The van der Waals surface area contributed by atoms with Gasteiger partial charge < -0.3 is 23.9 Å². The summed E-state index contributed by atoms with van der Waals surface area (Å²) in [7, 11) is 1.60. The maximum atomic E-state index is 12.3. The summed E-state index contributed by atoms with van der Waals surface area (Å²) in [5.41, 5.74) is -1.16. The van der Waals surface area contributed by atoms with Crippen molar-refractivity contribution >= 4 is 5.91 Å². The number of amides is 1. The van der Waals surface area contributed by atoms with Gasteiger partial charge in [0.1, 0.15) is 0 Å². The van der Waals surface area contributed by atoms with Crippen LogP contribution in [0.2, 0.25) is 0 Å². The van der Waals surface area contributed by atoms with E-state index in [1.54, 1.807) is 24.1 Å². The topological polar surface area (TPSA) is 72.1 Å². The summed E-state index contributed by atoms with van der Waals surface area (Å²) < 4.78 is 16.3. The first-order valence-corrected chi connectivity index (χ1v) is 7.74. The largest absolute Gasteiger partial charge is 0.459 e. The molecule has 1 aromatic rings. The summed E-state index contributed by atoms with van der Waals surface area (Å²) in [6, 6.07) is 3.40. The SMILES string of the molecule is COCC1(O)CCOC2(CCN(C(=O)c3ccco3)CC2)C1. The number of likely N-dealkylation sites (tertiary alicyclic amines) is 1. The number of methoxy groups -OCH3 is 1. The van der Waals surface area contributed by atoms with Crippen LogP contribution >= 0.6 is 0 Å². The van der Waals surface area contributed by atoms with Gasteiger partial charge in [-0.2, -0.15) is 0 Å². The average Bonchev–Trinajstić information content (AvgIpc) is 3.01. The molecule has 0 bridgehead atoms. The molecular formula is C16H23NO5. The van der Waals surface area contributed by atoms with Gasteiger partial charge in [-0.1, -0.05) is 0 Å². The van der Waals surface area contributed by atoms with Gasteiger partial charge in [0.2, 0.25) is 0 Å². The van der Waals surface area contributed by atoms with Crippen LogP contribution in [0.15, 0.2) is 22.8 Å². The molecular weight excluding hydrogens is 286 g/mol. The van der Waals surface area contributed by atoms with E-state index in [1.165, 1.54) is 6.26 Å². The summed E-state index contributed by atoms with van der Waals surface area (Å²) in [4.78, 5) is 14.1. The zero-order valence-electron chi connectivity index (χ0n) is 12.9. The molecule has 6 heteroatoms. The van der Waals surface area contributed by atoms with E-state index < -0.39 is 5.60 Å². The molecule has 1 N–H and O–H groups in total. The molecule has 0 radical (unpaired) electrons. The minimum Gasteiger partial charge on any atom is -0.459 e. The second kappa shape index (κ2) is 6.02. The molecule has 1 spiro atoms. The van der Waals surface area contributed by atoms with Crippen molar-refractivity contribution in [3.05, 3.63) is 24.2 Å². The Kier molecular flexibility index (Phi) is 4.25. The number of hydrogen-bond acceptors (Lipinski definition) is 5. The lowest BCUT2D eigenvalue weighted by atomic mass is 9.77. The van der Waals surface area contributed by atoms with Crippen molar-refractivity contribution in [3.8, 4) is 0 Å². The molecule has 0 aromatic carbocycles. The van der Waals surface area contributed by atoms with Crippen molar-refractivity contribution in [1.82, 2.24) is 4.90 Å². The van der Waals surface area contributed by atoms with Gasteiger partial charge in [0.15, 0.2) is 5.76 Å². The number of hydrogen-bond donors (Lipinski definition) is 1. The second-order valence-electron chi connectivity index (χ2n) is 6.39. The van der Waals surface area contributed by atoms with Crippen LogP contribution in [0.25, 0.3) is 0 Å². The van der Waals surface area contributed by atoms with Gasteiger partial charge in [-0.25, -0.2) is 0 Å². The maximum absolute atomic E-state index is 12.3. The van der Waals surface area contributed by atoms with Crippen LogP contribution in [0.1, 0.15) is 36.2 Å². The number of furan rings is 1. The van der Waals surface area contributed by atoms with Crippen molar-refractivity contribution in [1.29, 1.82) is 0 Å². The molecule has 22 heavy (non-hydrogen) atoms. The van der Waals surface area contributed by atoms with Gasteiger partial charge in [0.05, 0.1) is 30.7 Å². The van der Waals surface area contributed by atoms with E-state index in [-0.39, 0.29) is 11.5 Å². The molecule has 122 valence electrons. The normalized spacial score (nSPS) is 28.0. The fourth-order valence-corrected chi connectivity index (χ4v) is 3.58. The van der Waals surface area contributed by atoms with E-state index in [2.05, 4.69) is 0 Å². The number of ether oxygens (including phenoxy) is 2. The zero-order valence-corrected chi connectivity index (χ0v) is 12.9. The van der Waals surface area contributed by atoms with Gasteiger partial charge in [0, 0.05) is 33.0 Å². The Morgan fingerprint density at radius 3 is 2.82 bits per heavy atom. The van der Waals surface area contributed by atoms with E-state index in [0.717, 1.165) is 12.8 Å². The third-order valence-corrected chi connectivity index (χ3v) is 4.73. The van der Waals surface area contributed by atoms with Crippen LogP contribution in [0.5, 0.6) is 0 Å². The quantitative estimate of drug-likeness (QED) is 0.915. The Balaban J connectivity index is 1.62. The standard InChI is InChI=1S/C16H23NO5/c1-20-12-15(19)6-10-22-16(11-15)4-7-17(8-5-16)14(18)13-3-2-9-21-13/h2-3,9,19H,4-8,10-12H2,1H3. The first-order chi connectivity index (χ1) is 10.6. The average molecular weight is 309 g/mol. The zero-order chi connectivity index (χ0) is 15.6. The Morgan fingerprint density at radius 1 is 1.41 bits per heavy atom. The summed E-state index contributed by atoms with van der Waals surface area (Å²) >= 11 is 0. The van der Waals surface area contributed by atoms with Crippen LogP contribution in [0.3, 0.4) is 0 Å². The smallest absolute Gasteiger partial charge is 0.289 e. The Labute approximate surface area is 130 Å². The fraction of sp³-hybridized carbons (Fsp3) is 0.688. The lowest BCUT2D eigenvalue weighted by Crippen LogP contribution is -2.56. The number of piperidine rings is 1. The van der Waals surface area contributed by atoms with Crippen LogP contribution in [-0.2, 0) is 9.47 Å². The van der Waals surface area contributed by atoms with Crippen LogP contribution in [0.4, 0.5) is 0 Å². The van der Waals surface area contributed by atoms with E-state index >= 15 is 0 Å². The van der Waals surface area contributed by atoms with Crippen LogP contribution in [0, 0.1) is 0 Å². The van der Waals surface area contributed by atoms with Crippen molar-refractivity contribution in [2.24, 2.45) is 0 Å². The highest BCUT2D eigenvalue weighted by Crippen LogP contribution is 2.39. The van der Waals surface area contributed by atoms with Crippen molar-refractivity contribution < 1.29 is 23.8 Å². The molecule has 2 aliphatic rings. The predicted molar refractivity (Wildman–Crippen MR) is 78.6 cm³/mol. The molecule has 6 nitrogen and oxygen atoms in total. The Morgan fingerprint density at radius 2 is 2.18 bits per heavy atom. The van der Waals surface area contributed by atoms with Gasteiger partial charge in [-0.15, -0.1) is 0 Å². The minimum atomic E-state index is -0.819. The number of carbonyl (C=O) groups is 1. The van der Waals surface area contributed by atoms with Gasteiger partial charge in [0.25, 0.3) is 5.91 Å². The molecule has 3 rings (SSSR count). The predicted octanol–water partition coefficient (Wildman–Crippen LogP) is 1.44. The molecule has 3 heterocycles. The van der Waals surface area contributed by atoms with E-state index in [0.29, 0.717) is 44.9 Å². The maximum Gasteiger partial charge on any atom is 0.289 e. The minimum absolute atomic E-state index is 0.0807. The first kappa shape index (κ1) is 15.5. The van der Waals surface area contributed by atoms with E-state index in [9.17, 15) is 9.90 Å². The summed E-state index contributed by atoms with van der Waals surface area (Å²) in [5, 5.41) is 10.6. The monoisotopic (exact) mass is 309 g/mol. The lowest BCUT2D eigenvalue weighted by Gasteiger charge is -2.48. The Bertz CT molecular complexity index is 503. The van der Waals surface area contributed by atoms with Crippen molar-refractivity contribution in [3.63, 3.8) is 0 Å². The second-order valence-corrected chi connectivity index (χ2v) is 6.39. The molecule has 0 aliphatic carbocycles. The molecule has 2 saturated heterocycles. The summed E-state index contributed by atoms with van der Waals surface area (Å²) in [6.45, 7) is 2.09. The van der Waals surface area contributed by atoms with E-state index in [1.807, 2.05) is 0 Å². The van der Waals surface area contributed by atoms with Gasteiger partial charge in [-0.3, -0.25) is 4.79 Å². The molecule has 1 unspecified atom stereocenters. The number of nitrogens with zero attached hydrogens (tertiary/aromatic N) is 1. The van der Waals surface area contributed by atoms with Crippen molar-refractivity contribution in [2.45, 2.75) is 36.9 Å². The third kappa shape index (κ3) is 3.04. The molecule has 1 aromatic heterocycles. The third-order valence-electron chi connectivity index (χ3n) is 4.73. The van der Waals surface area contributed by atoms with Gasteiger partial charge in [-0.05, 0) is 25.0 Å². The first-order valence-electron chi connectivity index (χ1n) is 7.74. The Hall–Kier alpha value is -1.37. The number of aliphatic hydroxyl groups is 1. The van der Waals surface area contributed by atoms with E-state index in [4.69, 9.17) is 13.9 Å². The number of carbonyl (C=O) groups excluding carboxylic acids is 1. The van der Waals surface area contributed by atoms with Crippen LogP contribution < -0.4 is 0 Å². The fourth-order valence-electron chi connectivity index (χ4n) is 3.58. The molecule has 0 saturated carbocycles. The summed E-state index contributed by atoms with van der Waals surface area (Å²) in [6.07, 6.45) is 4.12. The molecule has 1 atom stereocenters. The molecule has 1 amide bonds. The highest BCUT2D eigenvalue weighted by atomic mass is 16.5. The van der Waals surface area contributed by atoms with Crippen molar-refractivity contribution in [2.75, 3.05) is 33.4 Å². The molecule has 2 fully saturated rings. The summed E-state index contributed by atoms with van der Waals surface area (Å²) in [5.74, 6) is 0.291. The van der Waals surface area contributed by atoms with Gasteiger partial charge >= 0.3 is 0 Å².